The molecule has 4 aliphatic carbocycles. The van der Waals surface area contributed by atoms with Crippen LogP contribution in [0.25, 0.3) is 0 Å². The van der Waals surface area contributed by atoms with Gasteiger partial charge in [0.1, 0.15) is 0 Å². The SMILES string of the molecule is CC(OC(=O)C12CC3CC(CC(C3)C1)C2)C(F)(F)S(=O)(=O)N(C)S(=O)(=O)C(F)(F)F. The standard InChI is InChI=1S/C16H22F5NO6S2/c1-9(15(17,18)29(24,25)22(2)30(26,27)16(19,20)21)28-13(23)14-6-10-3-11(7-14)5-12(4-10)8-14/h9-12H,3-8H2,1-2H3. The van der Waals surface area contributed by atoms with Crippen LogP contribution in [0, 0.1) is 23.2 Å². The van der Waals surface area contributed by atoms with Gasteiger partial charge in [-0.3, -0.25) is 4.79 Å². The van der Waals surface area contributed by atoms with Crippen LogP contribution in [0.15, 0.2) is 0 Å². The van der Waals surface area contributed by atoms with Gasteiger partial charge in [0, 0.05) is 7.05 Å². The molecular formula is C16H22F5NO6S2. The lowest BCUT2D eigenvalue weighted by Crippen LogP contribution is -2.55. The minimum atomic E-state index is -6.59. The molecule has 4 bridgehead atoms. The topological polar surface area (TPSA) is 97.8 Å². The zero-order valence-corrected chi connectivity index (χ0v) is 17.8. The van der Waals surface area contributed by atoms with Gasteiger partial charge in [0.25, 0.3) is 10.0 Å². The molecule has 30 heavy (non-hydrogen) atoms. The van der Waals surface area contributed by atoms with Crippen molar-refractivity contribution in [3.8, 4) is 0 Å². The van der Waals surface area contributed by atoms with Crippen LogP contribution in [0.3, 0.4) is 0 Å². The van der Waals surface area contributed by atoms with Gasteiger partial charge in [-0.25, -0.2) is 16.8 Å². The molecule has 0 N–H and O–H groups in total. The second-order valence-electron chi connectivity index (χ2n) is 8.64. The Bertz CT molecular complexity index is 895. The Morgan fingerprint density at radius 2 is 1.33 bits per heavy atom. The van der Waals surface area contributed by atoms with Crippen LogP contribution in [-0.2, 0) is 29.6 Å². The van der Waals surface area contributed by atoms with E-state index in [-0.39, 0.29) is 24.8 Å². The van der Waals surface area contributed by atoms with E-state index < -0.39 is 52.0 Å². The average Bonchev–Trinajstić information content (AvgIpc) is 2.58. The fourth-order valence-electron chi connectivity index (χ4n) is 5.37. The molecule has 0 spiro atoms. The summed E-state index contributed by atoms with van der Waals surface area (Å²) in [5.74, 6) is -0.241. The maximum atomic E-state index is 14.6. The summed E-state index contributed by atoms with van der Waals surface area (Å²) in [6.07, 6.45) is 1.43. The van der Waals surface area contributed by atoms with Gasteiger partial charge >= 0.3 is 26.8 Å². The summed E-state index contributed by atoms with van der Waals surface area (Å²) >= 11 is 0. The third-order valence-corrected chi connectivity index (χ3v) is 10.7. The van der Waals surface area contributed by atoms with Crippen molar-refractivity contribution >= 4 is 26.0 Å². The molecular weight excluding hydrogens is 461 g/mol. The molecule has 7 nitrogen and oxygen atoms in total. The van der Waals surface area contributed by atoms with Crippen LogP contribution in [0.5, 0.6) is 0 Å². The van der Waals surface area contributed by atoms with Crippen molar-refractivity contribution in [3.05, 3.63) is 0 Å². The number of hydrogen-bond acceptors (Lipinski definition) is 6. The molecule has 0 saturated heterocycles. The van der Waals surface area contributed by atoms with Gasteiger partial charge in [-0.1, -0.05) is 3.71 Å². The molecule has 1 unspecified atom stereocenters. The van der Waals surface area contributed by atoms with Gasteiger partial charge in [-0.2, -0.15) is 22.0 Å². The smallest absolute Gasteiger partial charge is 0.455 e. The lowest BCUT2D eigenvalue weighted by atomic mass is 9.49. The first-order valence-corrected chi connectivity index (χ1v) is 12.2. The highest BCUT2D eigenvalue weighted by Gasteiger charge is 2.63. The van der Waals surface area contributed by atoms with Crippen molar-refractivity contribution in [1.82, 2.24) is 3.71 Å². The highest BCUT2D eigenvalue weighted by molar-refractivity contribution is 8.04. The van der Waals surface area contributed by atoms with E-state index in [9.17, 15) is 43.6 Å². The fourth-order valence-corrected chi connectivity index (χ4v) is 8.06. The van der Waals surface area contributed by atoms with E-state index in [0.717, 1.165) is 19.3 Å². The lowest BCUT2D eigenvalue weighted by Gasteiger charge is -2.55. The van der Waals surface area contributed by atoms with E-state index in [4.69, 9.17) is 4.74 Å². The molecule has 0 radical (unpaired) electrons. The molecule has 174 valence electrons. The van der Waals surface area contributed by atoms with E-state index in [1.165, 1.54) is 0 Å². The summed E-state index contributed by atoms with van der Waals surface area (Å²) in [4.78, 5) is 12.7. The van der Waals surface area contributed by atoms with Gasteiger partial charge in [0.05, 0.1) is 5.41 Å². The predicted octanol–water partition coefficient (Wildman–Crippen LogP) is 2.84. The van der Waals surface area contributed by atoms with Crippen molar-refractivity contribution in [3.63, 3.8) is 0 Å². The van der Waals surface area contributed by atoms with E-state index in [2.05, 4.69) is 0 Å². The first-order chi connectivity index (χ1) is 13.4. The second-order valence-corrected chi connectivity index (χ2v) is 12.9. The number of alkyl halides is 5. The lowest BCUT2D eigenvalue weighted by molar-refractivity contribution is -0.185. The Morgan fingerprint density at radius 3 is 1.70 bits per heavy atom. The number of esters is 1. The third-order valence-electron chi connectivity index (χ3n) is 6.54. The molecule has 4 saturated carbocycles. The Morgan fingerprint density at radius 1 is 0.933 bits per heavy atom. The van der Waals surface area contributed by atoms with Gasteiger partial charge in [0.2, 0.25) is 0 Å². The quantitative estimate of drug-likeness (QED) is 0.426. The Hall–Kier alpha value is -1.02. The number of ether oxygens (including phenoxy) is 1. The summed E-state index contributed by atoms with van der Waals surface area (Å²) < 4.78 is 117. The predicted molar refractivity (Wildman–Crippen MR) is 92.8 cm³/mol. The Kier molecular flexibility index (Phi) is 5.51. The summed E-state index contributed by atoms with van der Waals surface area (Å²) in [5.41, 5.74) is -7.11. The minimum Gasteiger partial charge on any atom is -0.455 e. The molecule has 0 heterocycles. The highest BCUT2D eigenvalue weighted by atomic mass is 32.3. The normalized spacial score (nSPS) is 33.0. The molecule has 14 heteroatoms. The van der Waals surface area contributed by atoms with Crippen LogP contribution in [0.2, 0.25) is 0 Å². The van der Waals surface area contributed by atoms with E-state index in [1.54, 1.807) is 0 Å². The van der Waals surface area contributed by atoms with Gasteiger partial charge in [0.15, 0.2) is 6.10 Å². The van der Waals surface area contributed by atoms with E-state index in [0.29, 0.717) is 26.2 Å². The third kappa shape index (κ3) is 3.51. The number of carbonyl (C=O) groups excluding carboxylic acids is 1. The Labute approximate surface area is 171 Å². The number of nitrogens with zero attached hydrogens (tertiary/aromatic N) is 1. The first kappa shape index (κ1) is 23.6. The molecule has 4 rings (SSSR count). The first-order valence-electron chi connectivity index (χ1n) is 9.33. The van der Waals surface area contributed by atoms with Crippen LogP contribution >= 0.6 is 0 Å². The van der Waals surface area contributed by atoms with Gasteiger partial charge < -0.3 is 4.74 Å². The van der Waals surface area contributed by atoms with Crippen molar-refractivity contribution in [1.29, 1.82) is 0 Å². The maximum Gasteiger partial charge on any atom is 0.512 e. The van der Waals surface area contributed by atoms with Crippen LogP contribution in [0.1, 0.15) is 45.4 Å². The number of sulfonamides is 2. The summed E-state index contributed by atoms with van der Waals surface area (Å²) in [5, 5.41) is -5.10. The second kappa shape index (κ2) is 6.99. The molecule has 4 fully saturated rings. The van der Waals surface area contributed by atoms with Gasteiger partial charge in [-0.15, -0.1) is 0 Å². The van der Waals surface area contributed by atoms with E-state index >= 15 is 0 Å². The zero-order valence-electron chi connectivity index (χ0n) is 16.2. The van der Waals surface area contributed by atoms with Crippen molar-refractivity contribution < 1.29 is 48.3 Å². The fraction of sp³-hybridized carbons (Fsp3) is 0.938. The van der Waals surface area contributed by atoms with Crippen LogP contribution < -0.4 is 0 Å². The molecule has 4 aliphatic rings. The van der Waals surface area contributed by atoms with Crippen LogP contribution in [0.4, 0.5) is 22.0 Å². The zero-order chi connectivity index (χ0) is 22.9. The average molecular weight is 483 g/mol. The number of carbonyl (C=O) groups is 1. The summed E-state index contributed by atoms with van der Waals surface area (Å²) in [7, 11) is -13.1. The number of halogens is 5. The van der Waals surface area contributed by atoms with E-state index in [1.807, 2.05) is 0 Å². The van der Waals surface area contributed by atoms with Crippen molar-refractivity contribution in [2.24, 2.45) is 23.2 Å². The Balaban J connectivity index is 1.80. The van der Waals surface area contributed by atoms with Crippen LogP contribution in [-0.4, -0.2) is 50.4 Å². The van der Waals surface area contributed by atoms with Crippen molar-refractivity contribution in [2.75, 3.05) is 7.05 Å². The molecule has 0 aromatic carbocycles. The number of rotatable bonds is 6. The molecule has 0 amide bonds. The monoisotopic (exact) mass is 483 g/mol. The highest BCUT2D eigenvalue weighted by Crippen LogP contribution is 2.60. The number of hydrogen-bond donors (Lipinski definition) is 0. The largest absolute Gasteiger partial charge is 0.512 e. The maximum absolute atomic E-state index is 14.6. The van der Waals surface area contributed by atoms with Gasteiger partial charge in [-0.05, 0) is 63.2 Å². The molecule has 0 aliphatic heterocycles. The minimum absolute atomic E-state index is 0.139. The summed E-state index contributed by atoms with van der Waals surface area (Å²) in [6.45, 7) is 0.518. The molecule has 0 aromatic rings. The van der Waals surface area contributed by atoms with Crippen molar-refractivity contribution in [2.45, 2.75) is 62.3 Å². The molecule has 1 atom stereocenters. The summed E-state index contributed by atoms with van der Waals surface area (Å²) in [6, 6.07) is 0. The molecule has 0 aromatic heterocycles.